The molecule has 2 aromatic rings. The van der Waals surface area contributed by atoms with Crippen LogP contribution in [0.1, 0.15) is 69.4 Å². The number of fused-ring (bicyclic) bond motifs is 6. The maximum absolute atomic E-state index is 13.5. The van der Waals surface area contributed by atoms with E-state index in [0.29, 0.717) is 41.7 Å². The van der Waals surface area contributed by atoms with Crippen LogP contribution in [-0.2, 0) is 9.59 Å². The van der Waals surface area contributed by atoms with Gasteiger partial charge in [0.05, 0.1) is 17.5 Å². The van der Waals surface area contributed by atoms with Gasteiger partial charge in [0.1, 0.15) is 5.82 Å². The molecule has 2 amide bonds. The summed E-state index contributed by atoms with van der Waals surface area (Å²) in [6.07, 6.45) is 10.2. The molecule has 0 N–H and O–H groups in total. The van der Waals surface area contributed by atoms with Crippen LogP contribution in [-0.4, -0.2) is 52.9 Å². The summed E-state index contributed by atoms with van der Waals surface area (Å²) in [5, 5.41) is 5.22. The zero-order valence-electron chi connectivity index (χ0n) is 20.9. The highest BCUT2D eigenvalue weighted by Gasteiger charge is 2.61. The average molecular weight is 494 g/mol. The van der Waals surface area contributed by atoms with Crippen molar-refractivity contribution in [2.24, 2.45) is 35.5 Å². The van der Waals surface area contributed by atoms with Gasteiger partial charge in [0.15, 0.2) is 5.58 Å². The summed E-state index contributed by atoms with van der Waals surface area (Å²) in [4.78, 5) is 30.8. The number of likely N-dealkylation sites (tertiary alicyclic amines) is 2. The fourth-order valence-corrected chi connectivity index (χ4v) is 8.60. The highest BCUT2D eigenvalue weighted by Crippen LogP contribution is 2.56. The Bertz CT molecular complexity index is 1140. The molecule has 2 saturated heterocycles. The van der Waals surface area contributed by atoms with E-state index in [2.05, 4.69) is 10.1 Å². The number of amides is 2. The minimum absolute atomic E-state index is 0.00132. The number of hydrogen-bond donors (Lipinski definition) is 0. The molecule has 5 aliphatic rings. The summed E-state index contributed by atoms with van der Waals surface area (Å²) < 4.78 is 18.9. The standard InChI is InChI=1S/C29H36FN3O3/c30-22-7-8-23-24(14-22)36-31-27(23)17-9-11-32(12-10-17)15-20-3-1-2-4-21(20)16-33-28(34)25-18-5-6-19(13-18)26(25)29(33)35/h7-8,14,17-21,25-26H,1-6,9-13,15-16H2/t18?,19?,20-,21-,25?,26?/m1/s1. The van der Waals surface area contributed by atoms with Crippen molar-refractivity contribution in [1.29, 1.82) is 0 Å². The Balaban J connectivity index is 0.984. The number of hydrogen-bond acceptors (Lipinski definition) is 5. The summed E-state index contributed by atoms with van der Waals surface area (Å²) in [5.74, 6) is 2.25. The fourth-order valence-electron chi connectivity index (χ4n) is 8.60. The second-order valence-corrected chi connectivity index (χ2v) is 12.3. The third kappa shape index (κ3) is 3.72. The van der Waals surface area contributed by atoms with E-state index in [9.17, 15) is 14.0 Å². The van der Waals surface area contributed by atoms with Gasteiger partial charge >= 0.3 is 0 Å². The van der Waals surface area contributed by atoms with E-state index < -0.39 is 0 Å². The highest BCUT2D eigenvalue weighted by atomic mass is 19.1. The van der Waals surface area contributed by atoms with Crippen molar-refractivity contribution < 1.29 is 18.5 Å². The lowest BCUT2D eigenvalue weighted by Gasteiger charge is -2.39. The largest absolute Gasteiger partial charge is 0.356 e. The predicted octanol–water partition coefficient (Wildman–Crippen LogP) is 4.98. The van der Waals surface area contributed by atoms with Gasteiger partial charge in [-0.05, 0) is 93.8 Å². The van der Waals surface area contributed by atoms with E-state index in [1.54, 1.807) is 11.0 Å². The van der Waals surface area contributed by atoms with Crippen molar-refractivity contribution >= 4 is 22.8 Å². The molecule has 4 unspecified atom stereocenters. The molecule has 192 valence electrons. The van der Waals surface area contributed by atoms with Crippen molar-refractivity contribution in [2.45, 2.75) is 63.7 Å². The van der Waals surface area contributed by atoms with Crippen LogP contribution in [0.15, 0.2) is 22.7 Å². The van der Waals surface area contributed by atoms with Gasteiger partial charge in [0, 0.05) is 30.5 Å². The van der Waals surface area contributed by atoms with E-state index in [0.717, 1.165) is 69.2 Å². The molecule has 6 atom stereocenters. The zero-order chi connectivity index (χ0) is 24.4. The fraction of sp³-hybridized carbons (Fsp3) is 0.690. The van der Waals surface area contributed by atoms with Crippen LogP contribution in [0.3, 0.4) is 0 Å². The molecule has 7 rings (SSSR count). The second kappa shape index (κ2) is 8.93. The molecule has 2 aliphatic heterocycles. The Morgan fingerprint density at radius 2 is 1.56 bits per heavy atom. The number of carbonyl (C=O) groups excluding carboxylic acids is 2. The van der Waals surface area contributed by atoms with Crippen LogP contribution < -0.4 is 0 Å². The number of imide groups is 1. The quantitative estimate of drug-likeness (QED) is 0.550. The summed E-state index contributed by atoms with van der Waals surface area (Å²) >= 11 is 0. The van der Waals surface area contributed by atoms with E-state index in [1.807, 2.05) is 0 Å². The van der Waals surface area contributed by atoms with Gasteiger partial charge in [-0.2, -0.15) is 0 Å². The molecule has 1 aromatic heterocycles. The Morgan fingerprint density at radius 1 is 0.889 bits per heavy atom. The molecule has 7 heteroatoms. The van der Waals surface area contributed by atoms with E-state index in [1.165, 1.54) is 31.4 Å². The molecule has 5 fully saturated rings. The third-order valence-corrected chi connectivity index (χ3v) is 10.4. The summed E-state index contributed by atoms with van der Waals surface area (Å²) in [5.41, 5.74) is 1.49. The molecule has 36 heavy (non-hydrogen) atoms. The maximum atomic E-state index is 13.5. The minimum atomic E-state index is -0.296. The van der Waals surface area contributed by atoms with Gasteiger partial charge in [-0.15, -0.1) is 0 Å². The maximum Gasteiger partial charge on any atom is 0.233 e. The topological polar surface area (TPSA) is 66.7 Å². The molecular formula is C29H36FN3O3. The Kier molecular flexibility index (Phi) is 5.68. The van der Waals surface area contributed by atoms with Crippen molar-refractivity contribution in [3.8, 4) is 0 Å². The van der Waals surface area contributed by atoms with Gasteiger partial charge in [-0.1, -0.05) is 18.0 Å². The van der Waals surface area contributed by atoms with Gasteiger partial charge in [-0.3, -0.25) is 14.5 Å². The first kappa shape index (κ1) is 22.9. The van der Waals surface area contributed by atoms with E-state index >= 15 is 0 Å². The SMILES string of the molecule is O=C1C2C3CCC(C3)C2C(=O)N1C[C@H]1CCCC[C@@H]1CN1CCC(c2noc3cc(F)ccc23)CC1. The summed E-state index contributed by atoms with van der Waals surface area (Å²) in [6.45, 7) is 3.72. The predicted molar refractivity (Wildman–Crippen MR) is 132 cm³/mol. The number of carbonyl (C=O) groups is 2. The van der Waals surface area contributed by atoms with Crippen LogP contribution in [0.4, 0.5) is 4.39 Å². The monoisotopic (exact) mass is 493 g/mol. The first-order valence-corrected chi connectivity index (χ1v) is 14.2. The highest BCUT2D eigenvalue weighted by molar-refractivity contribution is 6.06. The van der Waals surface area contributed by atoms with Crippen molar-refractivity contribution in [3.05, 3.63) is 29.7 Å². The van der Waals surface area contributed by atoms with Gasteiger partial charge in [-0.25, -0.2) is 4.39 Å². The van der Waals surface area contributed by atoms with Crippen LogP contribution in [0.2, 0.25) is 0 Å². The number of nitrogens with zero attached hydrogens (tertiary/aromatic N) is 3. The van der Waals surface area contributed by atoms with E-state index in [-0.39, 0.29) is 29.5 Å². The van der Waals surface area contributed by atoms with Gasteiger partial charge in [0.2, 0.25) is 11.8 Å². The van der Waals surface area contributed by atoms with Crippen molar-refractivity contribution in [2.75, 3.05) is 26.2 Å². The summed E-state index contributed by atoms with van der Waals surface area (Å²) in [6, 6.07) is 4.68. The molecule has 2 bridgehead atoms. The zero-order valence-corrected chi connectivity index (χ0v) is 20.9. The minimum Gasteiger partial charge on any atom is -0.356 e. The molecule has 3 saturated carbocycles. The van der Waals surface area contributed by atoms with Crippen LogP contribution in [0.25, 0.3) is 11.0 Å². The number of piperidine rings is 1. The van der Waals surface area contributed by atoms with Crippen molar-refractivity contribution in [1.82, 2.24) is 15.0 Å². The third-order valence-electron chi connectivity index (χ3n) is 10.4. The molecular weight excluding hydrogens is 457 g/mol. The lowest BCUT2D eigenvalue weighted by Crippen LogP contribution is -2.44. The normalized spacial score (nSPS) is 35.3. The summed E-state index contributed by atoms with van der Waals surface area (Å²) in [7, 11) is 0. The molecule has 6 nitrogen and oxygen atoms in total. The molecule has 1 aromatic carbocycles. The number of halogens is 1. The average Bonchev–Trinajstić information content (AvgIpc) is 3.66. The lowest BCUT2D eigenvalue weighted by molar-refractivity contribution is -0.142. The van der Waals surface area contributed by atoms with Crippen molar-refractivity contribution in [3.63, 3.8) is 0 Å². The number of aromatic nitrogens is 1. The lowest BCUT2D eigenvalue weighted by atomic mass is 9.78. The molecule has 0 spiro atoms. The molecule has 3 aliphatic carbocycles. The van der Waals surface area contributed by atoms with E-state index in [4.69, 9.17) is 4.52 Å². The van der Waals surface area contributed by atoms with Gasteiger partial charge < -0.3 is 9.42 Å². The van der Waals surface area contributed by atoms with Crippen LogP contribution in [0.5, 0.6) is 0 Å². The van der Waals surface area contributed by atoms with Crippen LogP contribution >= 0.6 is 0 Å². The second-order valence-electron chi connectivity index (χ2n) is 12.3. The van der Waals surface area contributed by atoms with Gasteiger partial charge in [0.25, 0.3) is 0 Å². The Morgan fingerprint density at radius 3 is 2.25 bits per heavy atom. The smallest absolute Gasteiger partial charge is 0.233 e. The molecule has 3 heterocycles. The Hall–Kier alpha value is -2.28. The van der Waals surface area contributed by atoms with Crippen LogP contribution in [0, 0.1) is 41.3 Å². The number of benzene rings is 1. The Labute approximate surface area is 211 Å². The molecule has 0 radical (unpaired) electrons. The number of rotatable bonds is 5. The first-order valence-electron chi connectivity index (χ1n) is 14.2. The first-order chi connectivity index (χ1) is 17.6.